The minimum atomic E-state index is -0.0247. The normalized spacial score (nSPS) is 10.9. The molecule has 0 atom stereocenters. The SMILES string of the molecule is CCn1cc(SCC(=O)Nc2nccs2)c2ccccc21. The maximum atomic E-state index is 11.9. The van der Waals surface area contributed by atoms with Gasteiger partial charge in [0.25, 0.3) is 0 Å². The highest BCUT2D eigenvalue weighted by atomic mass is 32.2. The summed E-state index contributed by atoms with van der Waals surface area (Å²) in [5, 5.41) is 6.50. The van der Waals surface area contributed by atoms with E-state index in [1.807, 2.05) is 17.5 Å². The third-order valence-corrected chi connectivity index (χ3v) is 4.86. The first kappa shape index (κ1) is 14.2. The Morgan fingerprint density at radius 1 is 1.43 bits per heavy atom. The molecule has 0 aliphatic carbocycles. The van der Waals surface area contributed by atoms with Gasteiger partial charge >= 0.3 is 0 Å². The number of hydrogen-bond donors (Lipinski definition) is 1. The van der Waals surface area contributed by atoms with E-state index in [0.717, 1.165) is 11.4 Å². The van der Waals surface area contributed by atoms with E-state index < -0.39 is 0 Å². The standard InChI is InChI=1S/C15H15N3OS2/c1-2-18-9-13(11-5-3-4-6-12(11)18)21-10-14(19)17-15-16-7-8-20-15/h3-9H,2,10H2,1H3,(H,16,17,19). The van der Waals surface area contributed by atoms with Crippen molar-refractivity contribution in [2.24, 2.45) is 0 Å². The fourth-order valence-electron chi connectivity index (χ4n) is 2.17. The van der Waals surface area contributed by atoms with Gasteiger partial charge < -0.3 is 9.88 Å². The molecule has 0 aliphatic rings. The molecule has 0 aliphatic heterocycles. The van der Waals surface area contributed by atoms with Crippen LogP contribution in [0.4, 0.5) is 5.13 Å². The molecule has 4 nitrogen and oxygen atoms in total. The van der Waals surface area contributed by atoms with Gasteiger partial charge in [-0.1, -0.05) is 18.2 Å². The molecule has 3 rings (SSSR count). The topological polar surface area (TPSA) is 46.9 Å². The maximum absolute atomic E-state index is 11.9. The molecule has 1 N–H and O–H groups in total. The molecule has 1 amide bonds. The number of thiazole rings is 1. The van der Waals surface area contributed by atoms with E-state index in [1.54, 1.807) is 18.0 Å². The van der Waals surface area contributed by atoms with Gasteiger partial charge in [0.15, 0.2) is 5.13 Å². The number of fused-ring (bicyclic) bond motifs is 1. The molecule has 3 aromatic rings. The fourth-order valence-corrected chi connectivity index (χ4v) is 3.61. The summed E-state index contributed by atoms with van der Waals surface area (Å²) in [6.45, 7) is 3.04. The van der Waals surface area contributed by atoms with Crippen LogP contribution in [0.15, 0.2) is 46.9 Å². The summed E-state index contributed by atoms with van der Waals surface area (Å²) in [7, 11) is 0. The first-order chi connectivity index (χ1) is 10.3. The van der Waals surface area contributed by atoms with E-state index in [0.29, 0.717) is 10.9 Å². The Balaban J connectivity index is 1.72. The number of rotatable bonds is 5. The highest BCUT2D eigenvalue weighted by Crippen LogP contribution is 2.30. The Labute approximate surface area is 131 Å². The lowest BCUT2D eigenvalue weighted by Gasteiger charge is -2.01. The zero-order valence-electron chi connectivity index (χ0n) is 11.6. The predicted octanol–water partition coefficient (Wildman–Crippen LogP) is 3.85. The zero-order chi connectivity index (χ0) is 14.7. The first-order valence-corrected chi connectivity index (χ1v) is 8.54. The number of aromatic nitrogens is 2. The number of hydrogen-bond acceptors (Lipinski definition) is 4. The van der Waals surface area contributed by atoms with Crippen LogP contribution in [0.3, 0.4) is 0 Å². The summed E-state index contributed by atoms with van der Waals surface area (Å²) in [5.74, 6) is 0.361. The summed E-state index contributed by atoms with van der Waals surface area (Å²) >= 11 is 2.99. The van der Waals surface area contributed by atoms with Crippen LogP contribution in [-0.2, 0) is 11.3 Å². The van der Waals surface area contributed by atoms with Crippen molar-refractivity contribution in [3.05, 3.63) is 42.0 Å². The molecule has 0 spiro atoms. The van der Waals surface area contributed by atoms with Gasteiger partial charge in [-0.3, -0.25) is 4.79 Å². The average Bonchev–Trinajstić information content (AvgIpc) is 3.12. The number of thioether (sulfide) groups is 1. The largest absolute Gasteiger partial charge is 0.347 e. The number of carbonyl (C=O) groups is 1. The van der Waals surface area contributed by atoms with Gasteiger partial charge in [0, 0.05) is 40.1 Å². The van der Waals surface area contributed by atoms with Crippen molar-refractivity contribution in [3.8, 4) is 0 Å². The monoisotopic (exact) mass is 317 g/mol. The second-order valence-electron chi connectivity index (χ2n) is 4.47. The Kier molecular flexibility index (Phi) is 4.26. The molecule has 0 saturated heterocycles. The van der Waals surface area contributed by atoms with Crippen LogP contribution in [-0.4, -0.2) is 21.2 Å². The molecular formula is C15H15N3OS2. The molecule has 21 heavy (non-hydrogen) atoms. The van der Waals surface area contributed by atoms with Crippen molar-refractivity contribution in [3.63, 3.8) is 0 Å². The van der Waals surface area contributed by atoms with Crippen molar-refractivity contribution in [1.29, 1.82) is 0 Å². The van der Waals surface area contributed by atoms with Crippen LogP contribution in [0.2, 0.25) is 0 Å². The number of carbonyl (C=O) groups excluding carboxylic acids is 1. The predicted molar refractivity (Wildman–Crippen MR) is 89.1 cm³/mol. The molecule has 0 unspecified atom stereocenters. The van der Waals surface area contributed by atoms with E-state index >= 15 is 0 Å². The van der Waals surface area contributed by atoms with Crippen LogP contribution in [0.1, 0.15) is 6.92 Å². The van der Waals surface area contributed by atoms with Gasteiger partial charge in [-0.05, 0) is 13.0 Å². The summed E-state index contributed by atoms with van der Waals surface area (Å²) in [6.07, 6.45) is 3.80. The third-order valence-electron chi connectivity index (χ3n) is 3.13. The van der Waals surface area contributed by atoms with Crippen LogP contribution < -0.4 is 5.32 Å². The van der Waals surface area contributed by atoms with Crippen molar-refractivity contribution in [1.82, 2.24) is 9.55 Å². The highest BCUT2D eigenvalue weighted by molar-refractivity contribution is 8.00. The first-order valence-electron chi connectivity index (χ1n) is 6.68. The van der Waals surface area contributed by atoms with Crippen LogP contribution >= 0.6 is 23.1 Å². The lowest BCUT2D eigenvalue weighted by molar-refractivity contribution is -0.113. The van der Waals surface area contributed by atoms with Crippen LogP contribution in [0, 0.1) is 0 Å². The number of para-hydroxylation sites is 1. The van der Waals surface area contributed by atoms with Crippen molar-refractivity contribution in [2.75, 3.05) is 11.1 Å². The lowest BCUT2D eigenvalue weighted by Crippen LogP contribution is -2.13. The fraction of sp³-hybridized carbons (Fsp3) is 0.200. The van der Waals surface area contributed by atoms with E-state index in [1.165, 1.54) is 22.2 Å². The smallest absolute Gasteiger partial charge is 0.236 e. The summed E-state index contributed by atoms with van der Waals surface area (Å²) in [4.78, 5) is 17.1. The summed E-state index contributed by atoms with van der Waals surface area (Å²) in [6, 6.07) is 8.28. The van der Waals surface area contributed by atoms with Gasteiger partial charge in [0.1, 0.15) is 0 Å². The summed E-state index contributed by atoms with van der Waals surface area (Å²) in [5.41, 5.74) is 1.21. The van der Waals surface area contributed by atoms with Gasteiger partial charge in [-0.2, -0.15) is 0 Å². The number of nitrogens with zero attached hydrogens (tertiary/aromatic N) is 2. The quantitative estimate of drug-likeness (QED) is 0.727. The van der Waals surface area contributed by atoms with E-state index in [-0.39, 0.29) is 5.91 Å². The molecule has 0 fully saturated rings. The maximum Gasteiger partial charge on any atom is 0.236 e. The second-order valence-corrected chi connectivity index (χ2v) is 6.38. The number of amides is 1. The Morgan fingerprint density at radius 3 is 3.05 bits per heavy atom. The van der Waals surface area contributed by atoms with E-state index in [4.69, 9.17) is 0 Å². The molecule has 2 heterocycles. The molecule has 0 radical (unpaired) electrons. The van der Waals surface area contributed by atoms with Gasteiger partial charge in [-0.15, -0.1) is 23.1 Å². The third kappa shape index (κ3) is 3.11. The van der Waals surface area contributed by atoms with Gasteiger partial charge in [0.2, 0.25) is 5.91 Å². The molecular weight excluding hydrogens is 302 g/mol. The van der Waals surface area contributed by atoms with Crippen LogP contribution in [0.5, 0.6) is 0 Å². The Morgan fingerprint density at radius 2 is 2.29 bits per heavy atom. The van der Waals surface area contributed by atoms with Gasteiger partial charge in [-0.25, -0.2) is 4.98 Å². The second kappa shape index (κ2) is 6.32. The molecule has 0 bridgehead atoms. The average molecular weight is 317 g/mol. The Bertz CT molecular complexity index is 749. The molecule has 6 heteroatoms. The Hall–Kier alpha value is -1.79. The molecule has 108 valence electrons. The summed E-state index contributed by atoms with van der Waals surface area (Å²) < 4.78 is 2.20. The van der Waals surface area contributed by atoms with Crippen molar-refractivity contribution < 1.29 is 4.79 Å². The van der Waals surface area contributed by atoms with E-state index in [2.05, 4.69) is 40.1 Å². The lowest BCUT2D eigenvalue weighted by atomic mass is 10.2. The molecule has 0 saturated carbocycles. The number of aryl methyl sites for hydroxylation is 1. The van der Waals surface area contributed by atoms with Crippen LogP contribution in [0.25, 0.3) is 10.9 Å². The van der Waals surface area contributed by atoms with Crippen molar-refractivity contribution in [2.45, 2.75) is 18.4 Å². The van der Waals surface area contributed by atoms with E-state index in [9.17, 15) is 4.79 Å². The minimum Gasteiger partial charge on any atom is -0.347 e. The van der Waals surface area contributed by atoms with Crippen molar-refractivity contribution >= 4 is 45.0 Å². The van der Waals surface area contributed by atoms with Gasteiger partial charge in [0.05, 0.1) is 5.75 Å². The highest BCUT2D eigenvalue weighted by Gasteiger charge is 2.10. The molecule has 1 aromatic carbocycles. The zero-order valence-corrected chi connectivity index (χ0v) is 13.2. The molecule has 2 aromatic heterocycles. The number of benzene rings is 1. The number of nitrogens with one attached hydrogen (secondary N) is 1. The minimum absolute atomic E-state index is 0.0247. The number of anilines is 1.